The second-order valence-corrected chi connectivity index (χ2v) is 6.88. The molecule has 128 valence electrons. The van der Waals surface area contributed by atoms with Gasteiger partial charge in [-0.25, -0.2) is 4.79 Å². The van der Waals surface area contributed by atoms with Crippen LogP contribution in [0.25, 0.3) is 0 Å². The van der Waals surface area contributed by atoms with Gasteiger partial charge in [0.1, 0.15) is 17.9 Å². The quantitative estimate of drug-likeness (QED) is 0.622. The SMILES string of the molecule is CCCn1c(N)c(C(=O)C[NH+]2C[C@H](C)C[C@H](C)C2)c(=O)[nH]c1=O. The first kappa shape index (κ1) is 17.5. The zero-order valence-corrected chi connectivity index (χ0v) is 14.1. The molecule has 0 bridgehead atoms. The molecule has 2 heterocycles. The average Bonchev–Trinajstić information content (AvgIpc) is 2.41. The highest BCUT2D eigenvalue weighted by atomic mass is 16.2. The van der Waals surface area contributed by atoms with E-state index in [9.17, 15) is 14.4 Å². The molecule has 0 amide bonds. The van der Waals surface area contributed by atoms with Gasteiger partial charge in [-0.05, 0) is 12.8 Å². The molecular weight excluding hydrogens is 296 g/mol. The Morgan fingerprint density at radius 1 is 1.30 bits per heavy atom. The number of rotatable bonds is 5. The van der Waals surface area contributed by atoms with Crippen molar-refractivity contribution in [3.8, 4) is 0 Å². The lowest BCUT2D eigenvalue weighted by Gasteiger charge is -2.31. The van der Waals surface area contributed by atoms with Crippen LogP contribution in [0, 0.1) is 11.8 Å². The van der Waals surface area contributed by atoms with Gasteiger partial charge in [0, 0.05) is 18.4 Å². The van der Waals surface area contributed by atoms with Crippen LogP contribution in [0.4, 0.5) is 5.82 Å². The molecule has 3 atom stereocenters. The van der Waals surface area contributed by atoms with Crippen LogP contribution in [0.1, 0.15) is 44.0 Å². The van der Waals surface area contributed by atoms with Crippen molar-refractivity contribution in [1.82, 2.24) is 9.55 Å². The van der Waals surface area contributed by atoms with Crippen molar-refractivity contribution in [3.05, 3.63) is 26.4 Å². The Bertz CT molecular complexity index is 682. The standard InChI is InChI=1S/C16H26N4O3/c1-4-5-20-14(17)13(15(22)18-16(20)23)12(21)9-19-7-10(2)6-11(3)8-19/h10-11H,4-9,17H2,1-3H3,(H,18,22,23)/p+1/t10-,11+. The number of piperidine rings is 1. The molecule has 4 N–H and O–H groups in total. The van der Waals surface area contributed by atoms with Gasteiger partial charge in [0.05, 0.1) is 13.1 Å². The van der Waals surface area contributed by atoms with Gasteiger partial charge in [0.15, 0.2) is 0 Å². The highest BCUT2D eigenvalue weighted by molar-refractivity contribution is 6.00. The molecule has 1 aromatic rings. The summed E-state index contributed by atoms with van der Waals surface area (Å²) in [6.07, 6.45) is 1.86. The lowest BCUT2D eigenvalue weighted by atomic mass is 9.91. The summed E-state index contributed by atoms with van der Waals surface area (Å²) >= 11 is 0. The van der Waals surface area contributed by atoms with E-state index in [1.165, 1.54) is 15.9 Å². The van der Waals surface area contributed by atoms with Gasteiger partial charge >= 0.3 is 5.69 Å². The van der Waals surface area contributed by atoms with Crippen LogP contribution in [0.15, 0.2) is 9.59 Å². The topological polar surface area (TPSA) is 102 Å². The summed E-state index contributed by atoms with van der Waals surface area (Å²) in [5.74, 6) is 0.825. The Hall–Kier alpha value is -1.89. The number of nitrogen functional groups attached to an aromatic ring is 1. The first-order valence-corrected chi connectivity index (χ1v) is 8.32. The van der Waals surface area contributed by atoms with Gasteiger partial charge in [0.2, 0.25) is 5.78 Å². The Morgan fingerprint density at radius 3 is 2.48 bits per heavy atom. The molecule has 0 spiro atoms. The van der Waals surface area contributed by atoms with Gasteiger partial charge in [-0.1, -0.05) is 20.8 Å². The smallest absolute Gasteiger partial charge is 0.329 e. The second-order valence-electron chi connectivity index (χ2n) is 6.88. The summed E-state index contributed by atoms with van der Waals surface area (Å²) < 4.78 is 1.27. The lowest BCUT2D eigenvalue weighted by molar-refractivity contribution is -0.903. The first-order valence-electron chi connectivity index (χ1n) is 8.32. The Labute approximate surface area is 135 Å². The summed E-state index contributed by atoms with van der Waals surface area (Å²) in [6, 6.07) is 0. The highest BCUT2D eigenvalue weighted by Gasteiger charge is 2.29. The molecular formula is C16H27N4O3+. The second kappa shape index (κ2) is 7.12. The fourth-order valence-corrected chi connectivity index (χ4v) is 3.69. The summed E-state index contributed by atoms with van der Waals surface area (Å²) in [5, 5.41) is 0. The van der Waals surface area contributed by atoms with Crippen molar-refractivity contribution in [2.75, 3.05) is 25.4 Å². The van der Waals surface area contributed by atoms with Crippen LogP contribution in [0.5, 0.6) is 0 Å². The van der Waals surface area contributed by atoms with E-state index in [0.29, 0.717) is 24.8 Å². The number of carbonyl (C=O) groups excluding carboxylic acids is 1. The largest absolute Gasteiger partial charge is 0.384 e. The van der Waals surface area contributed by atoms with Crippen LogP contribution < -0.4 is 21.9 Å². The molecule has 0 aromatic carbocycles. The molecule has 2 rings (SSSR count). The number of carbonyl (C=O) groups is 1. The minimum absolute atomic E-state index is 0.0110. The van der Waals surface area contributed by atoms with Gasteiger partial charge in [-0.15, -0.1) is 0 Å². The maximum atomic E-state index is 12.6. The molecule has 1 unspecified atom stereocenters. The Balaban J connectivity index is 2.27. The maximum absolute atomic E-state index is 12.6. The number of anilines is 1. The van der Waals surface area contributed by atoms with Gasteiger partial charge in [-0.3, -0.25) is 19.1 Å². The highest BCUT2D eigenvalue weighted by Crippen LogP contribution is 2.12. The number of Topliss-reactive ketones (excluding diaryl/α,β-unsaturated/α-hetero) is 1. The van der Waals surface area contributed by atoms with Gasteiger partial charge in [0.25, 0.3) is 5.56 Å². The van der Waals surface area contributed by atoms with Crippen LogP contribution in [-0.2, 0) is 6.54 Å². The number of nitrogens with two attached hydrogens (primary N) is 1. The van der Waals surface area contributed by atoms with Gasteiger partial charge in [-0.2, -0.15) is 0 Å². The third-order valence-corrected chi connectivity index (χ3v) is 4.46. The zero-order valence-electron chi connectivity index (χ0n) is 14.1. The normalized spacial score (nSPS) is 24.6. The molecule has 1 saturated heterocycles. The predicted molar refractivity (Wildman–Crippen MR) is 88.9 cm³/mol. The summed E-state index contributed by atoms with van der Waals surface area (Å²) in [5.41, 5.74) is 4.64. The fraction of sp³-hybridized carbons (Fsp3) is 0.688. The number of ketones is 1. The monoisotopic (exact) mass is 323 g/mol. The molecule has 1 aromatic heterocycles. The van der Waals surface area contributed by atoms with E-state index in [1.807, 2.05) is 6.92 Å². The van der Waals surface area contributed by atoms with Crippen molar-refractivity contribution < 1.29 is 9.69 Å². The molecule has 1 fully saturated rings. The number of nitrogens with zero attached hydrogens (tertiary/aromatic N) is 1. The first-order chi connectivity index (χ1) is 10.8. The van der Waals surface area contributed by atoms with Crippen molar-refractivity contribution in [2.45, 2.75) is 40.2 Å². The number of aromatic nitrogens is 2. The van der Waals surface area contributed by atoms with Crippen molar-refractivity contribution in [1.29, 1.82) is 0 Å². The maximum Gasteiger partial charge on any atom is 0.329 e. The van der Waals surface area contributed by atoms with E-state index >= 15 is 0 Å². The van der Waals surface area contributed by atoms with E-state index in [1.54, 1.807) is 0 Å². The number of nitrogens with one attached hydrogen (secondary N) is 2. The molecule has 0 radical (unpaired) electrons. The fourth-order valence-electron chi connectivity index (χ4n) is 3.69. The molecule has 1 aliphatic rings. The van der Waals surface area contributed by atoms with Crippen LogP contribution in [0.2, 0.25) is 0 Å². The summed E-state index contributed by atoms with van der Waals surface area (Å²) in [6.45, 7) is 8.73. The summed E-state index contributed by atoms with van der Waals surface area (Å²) in [7, 11) is 0. The molecule has 0 aliphatic carbocycles. The number of hydrogen-bond acceptors (Lipinski definition) is 4. The molecule has 7 nitrogen and oxygen atoms in total. The predicted octanol–water partition coefficient (Wildman–Crippen LogP) is -0.728. The number of H-pyrrole nitrogens is 1. The average molecular weight is 323 g/mol. The van der Waals surface area contributed by atoms with E-state index in [4.69, 9.17) is 5.73 Å². The molecule has 7 heteroatoms. The van der Waals surface area contributed by atoms with Gasteiger partial charge < -0.3 is 10.6 Å². The molecule has 0 saturated carbocycles. The van der Waals surface area contributed by atoms with Crippen molar-refractivity contribution in [3.63, 3.8) is 0 Å². The van der Waals surface area contributed by atoms with Crippen LogP contribution in [-0.4, -0.2) is 35.0 Å². The third kappa shape index (κ3) is 3.90. The minimum atomic E-state index is -0.678. The number of hydrogen-bond donors (Lipinski definition) is 3. The van der Waals surface area contributed by atoms with E-state index in [-0.39, 0.29) is 23.7 Å². The van der Waals surface area contributed by atoms with Crippen molar-refractivity contribution in [2.24, 2.45) is 11.8 Å². The molecule has 23 heavy (non-hydrogen) atoms. The van der Waals surface area contributed by atoms with E-state index in [2.05, 4.69) is 18.8 Å². The van der Waals surface area contributed by atoms with E-state index in [0.717, 1.165) is 13.1 Å². The summed E-state index contributed by atoms with van der Waals surface area (Å²) in [4.78, 5) is 39.8. The van der Waals surface area contributed by atoms with Crippen LogP contribution in [0.3, 0.4) is 0 Å². The van der Waals surface area contributed by atoms with Crippen molar-refractivity contribution >= 4 is 11.6 Å². The molecule has 1 aliphatic heterocycles. The number of quaternary nitrogens is 1. The third-order valence-electron chi connectivity index (χ3n) is 4.46. The minimum Gasteiger partial charge on any atom is -0.384 e. The Morgan fingerprint density at radius 2 is 1.91 bits per heavy atom. The lowest BCUT2D eigenvalue weighted by Crippen LogP contribution is -3.15. The Kier molecular flexibility index (Phi) is 5.41. The zero-order chi connectivity index (χ0) is 17.1. The number of aromatic amines is 1. The van der Waals surface area contributed by atoms with Crippen LogP contribution >= 0.6 is 0 Å². The number of likely N-dealkylation sites (tertiary alicyclic amines) is 1. The van der Waals surface area contributed by atoms with E-state index < -0.39 is 11.2 Å².